The van der Waals surface area contributed by atoms with E-state index in [-0.39, 0.29) is 17.9 Å². The first kappa shape index (κ1) is 14.1. The summed E-state index contributed by atoms with van der Waals surface area (Å²) >= 11 is 4.78. The normalized spacial score (nSPS) is 11.7. The number of rotatable bonds is 3. The van der Waals surface area contributed by atoms with Gasteiger partial charge in [0, 0.05) is 24.1 Å². The third kappa shape index (κ3) is 4.11. The van der Waals surface area contributed by atoms with Crippen LogP contribution in [0.1, 0.15) is 5.56 Å². The average Bonchev–Trinajstić information content (AvgIpc) is 2.29. The molecule has 0 heterocycles. The second-order valence-corrected chi connectivity index (χ2v) is 3.66. The number of aromatic hydroxyl groups is 2. The minimum Gasteiger partial charge on any atom is -0.508 e. The standard InChI is InChI=1S/C10H10ClNO6/c11-10(16)18-17-9(15)7(12)3-5-1-2-6(13)4-8(5)14/h1-2,4,7,13-14H,3,12H2. The number of phenols is 2. The Morgan fingerprint density at radius 3 is 2.56 bits per heavy atom. The summed E-state index contributed by atoms with van der Waals surface area (Å²) in [5.41, 5.74) is 4.49. The summed E-state index contributed by atoms with van der Waals surface area (Å²) in [5, 5.41) is 18.5. The van der Waals surface area contributed by atoms with Gasteiger partial charge in [-0.25, -0.2) is 19.4 Å². The molecule has 0 saturated carbocycles. The molecular formula is C10H10ClNO6. The van der Waals surface area contributed by atoms with Gasteiger partial charge < -0.3 is 15.9 Å². The van der Waals surface area contributed by atoms with Gasteiger partial charge in [-0.15, -0.1) is 0 Å². The molecule has 0 saturated heterocycles. The summed E-state index contributed by atoms with van der Waals surface area (Å²) in [4.78, 5) is 29.2. The van der Waals surface area contributed by atoms with Gasteiger partial charge in [0.05, 0.1) is 0 Å². The lowest BCUT2D eigenvalue weighted by atomic mass is 10.1. The van der Waals surface area contributed by atoms with E-state index in [0.717, 1.165) is 6.07 Å². The molecule has 98 valence electrons. The minimum atomic E-state index is -1.30. The van der Waals surface area contributed by atoms with Gasteiger partial charge in [-0.1, -0.05) is 6.07 Å². The molecule has 0 spiro atoms. The Kier molecular flexibility index (Phi) is 4.75. The van der Waals surface area contributed by atoms with Crippen molar-refractivity contribution >= 4 is 23.0 Å². The van der Waals surface area contributed by atoms with Crippen molar-refractivity contribution in [2.75, 3.05) is 0 Å². The van der Waals surface area contributed by atoms with Crippen LogP contribution in [0.15, 0.2) is 18.2 Å². The van der Waals surface area contributed by atoms with Gasteiger partial charge in [0.1, 0.15) is 17.5 Å². The molecule has 1 aromatic carbocycles. The number of halogens is 1. The monoisotopic (exact) mass is 275 g/mol. The Labute approximate surface area is 107 Å². The van der Waals surface area contributed by atoms with Gasteiger partial charge >= 0.3 is 11.4 Å². The second kappa shape index (κ2) is 6.08. The van der Waals surface area contributed by atoms with E-state index in [2.05, 4.69) is 9.78 Å². The summed E-state index contributed by atoms with van der Waals surface area (Å²) in [6.45, 7) is 0. The van der Waals surface area contributed by atoms with Gasteiger partial charge in [0.25, 0.3) is 0 Å². The molecular weight excluding hydrogens is 266 g/mol. The highest BCUT2D eigenvalue weighted by molar-refractivity contribution is 6.61. The van der Waals surface area contributed by atoms with Gasteiger partial charge in [-0.3, -0.25) is 0 Å². The van der Waals surface area contributed by atoms with Crippen molar-refractivity contribution in [2.45, 2.75) is 12.5 Å². The number of phenolic OH excluding ortho intramolecular Hbond substituents is 2. The Morgan fingerprint density at radius 2 is 2.00 bits per heavy atom. The summed E-state index contributed by atoms with van der Waals surface area (Å²) in [6.07, 6.45) is -0.0647. The Hall–Kier alpha value is -1.99. The first-order chi connectivity index (χ1) is 8.40. The van der Waals surface area contributed by atoms with Crippen LogP contribution in [-0.4, -0.2) is 27.7 Å². The number of hydrogen-bond donors (Lipinski definition) is 3. The molecule has 18 heavy (non-hydrogen) atoms. The van der Waals surface area contributed by atoms with E-state index in [4.69, 9.17) is 22.4 Å². The highest BCUT2D eigenvalue weighted by Crippen LogP contribution is 2.23. The summed E-state index contributed by atoms with van der Waals surface area (Å²) < 4.78 is 0. The first-order valence-electron chi connectivity index (χ1n) is 4.74. The predicted octanol–water partition coefficient (Wildman–Crippen LogP) is 0.801. The number of hydrogen-bond acceptors (Lipinski definition) is 7. The van der Waals surface area contributed by atoms with E-state index < -0.39 is 17.4 Å². The van der Waals surface area contributed by atoms with E-state index >= 15 is 0 Å². The smallest absolute Gasteiger partial charge is 0.448 e. The number of carbonyl (C=O) groups is 2. The fraction of sp³-hybridized carbons (Fsp3) is 0.200. The fourth-order valence-electron chi connectivity index (χ4n) is 1.18. The molecule has 0 fully saturated rings. The Bertz CT molecular complexity index is 464. The topological polar surface area (TPSA) is 119 Å². The molecule has 0 bridgehead atoms. The first-order valence-corrected chi connectivity index (χ1v) is 5.12. The Balaban J connectivity index is 2.60. The fourth-order valence-corrected chi connectivity index (χ4v) is 1.21. The van der Waals surface area contributed by atoms with Gasteiger partial charge in [-0.2, -0.15) is 0 Å². The van der Waals surface area contributed by atoms with Crippen LogP contribution in [0.5, 0.6) is 11.5 Å². The molecule has 0 aromatic heterocycles. The minimum absolute atomic E-state index is 0.0647. The lowest BCUT2D eigenvalue weighted by Crippen LogP contribution is -2.34. The van der Waals surface area contributed by atoms with E-state index in [0.29, 0.717) is 5.56 Å². The van der Waals surface area contributed by atoms with Crippen molar-refractivity contribution in [2.24, 2.45) is 5.73 Å². The molecule has 1 unspecified atom stereocenters. The number of nitrogens with two attached hydrogens (primary N) is 1. The molecule has 7 nitrogen and oxygen atoms in total. The zero-order valence-corrected chi connectivity index (χ0v) is 9.76. The van der Waals surface area contributed by atoms with Crippen molar-refractivity contribution in [3.05, 3.63) is 23.8 Å². The number of benzene rings is 1. The van der Waals surface area contributed by atoms with Gasteiger partial charge in [0.2, 0.25) is 0 Å². The maximum Gasteiger partial charge on any atom is 0.448 e. The predicted molar refractivity (Wildman–Crippen MR) is 59.9 cm³/mol. The van der Waals surface area contributed by atoms with Gasteiger partial charge in [-0.05, 0) is 11.6 Å². The summed E-state index contributed by atoms with van der Waals surface area (Å²) in [7, 11) is 0. The third-order valence-corrected chi connectivity index (χ3v) is 2.06. The molecule has 1 rings (SSSR count). The quantitative estimate of drug-likeness (QED) is 0.424. The molecule has 8 heteroatoms. The average molecular weight is 276 g/mol. The van der Waals surface area contributed by atoms with Crippen molar-refractivity contribution in [3.8, 4) is 11.5 Å². The van der Waals surface area contributed by atoms with Crippen molar-refractivity contribution in [1.82, 2.24) is 0 Å². The third-order valence-electron chi connectivity index (χ3n) is 2.00. The van der Waals surface area contributed by atoms with Crippen LogP contribution in [0.2, 0.25) is 0 Å². The molecule has 0 amide bonds. The second-order valence-electron chi connectivity index (χ2n) is 3.35. The SMILES string of the molecule is NC(Cc1ccc(O)cc1O)C(=O)OOC(=O)Cl. The van der Waals surface area contributed by atoms with Crippen LogP contribution < -0.4 is 5.73 Å². The highest BCUT2D eigenvalue weighted by atomic mass is 35.5. The van der Waals surface area contributed by atoms with Crippen molar-refractivity contribution in [1.29, 1.82) is 0 Å². The lowest BCUT2D eigenvalue weighted by Gasteiger charge is -2.10. The zero-order chi connectivity index (χ0) is 13.7. The largest absolute Gasteiger partial charge is 0.508 e. The van der Waals surface area contributed by atoms with Gasteiger partial charge in [0.15, 0.2) is 0 Å². The van der Waals surface area contributed by atoms with E-state index in [1.54, 1.807) is 0 Å². The maximum absolute atomic E-state index is 11.2. The molecule has 1 aromatic rings. The summed E-state index contributed by atoms with van der Waals surface area (Å²) in [5.74, 6) is -1.35. The van der Waals surface area contributed by atoms with Crippen LogP contribution in [0.25, 0.3) is 0 Å². The maximum atomic E-state index is 11.2. The van der Waals surface area contributed by atoms with Crippen molar-refractivity contribution in [3.63, 3.8) is 0 Å². The number of carbonyl (C=O) groups excluding carboxylic acids is 2. The van der Waals surface area contributed by atoms with Crippen LogP contribution in [0.4, 0.5) is 4.79 Å². The molecule has 4 N–H and O–H groups in total. The molecule has 0 radical (unpaired) electrons. The molecule has 0 aliphatic heterocycles. The lowest BCUT2D eigenvalue weighted by molar-refractivity contribution is -0.228. The van der Waals surface area contributed by atoms with Crippen LogP contribution in [0, 0.1) is 0 Å². The Morgan fingerprint density at radius 1 is 1.33 bits per heavy atom. The highest BCUT2D eigenvalue weighted by Gasteiger charge is 2.20. The van der Waals surface area contributed by atoms with Crippen LogP contribution in [0.3, 0.4) is 0 Å². The summed E-state index contributed by atoms with van der Waals surface area (Å²) in [6, 6.07) is 2.67. The molecule has 0 aliphatic carbocycles. The zero-order valence-electron chi connectivity index (χ0n) is 9.00. The van der Waals surface area contributed by atoms with Crippen LogP contribution >= 0.6 is 11.6 Å². The van der Waals surface area contributed by atoms with E-state index in [1.807, 2.05) is 0 Å². The van der Waals surface area contributed by atoms with E-state index in [9.17, 15) is 14.7 Å². The van der Waals surface area contributed by atoms with Crippen molar-refractivity contribution < 1.29 is 29.6 Å². The van der Waals surface area contributed by atoms with Crippen LogP contribution in [-0.2, 0) is 21.0 Å². The molecule has 0 aliphatic rings. The molecule has 1 atom stereocenters. The van der Waals surface area contributed by atoms with E-state index in [1.165, 1.54) is 12.1 Å².